The molecule has 0 bridgehead atoms. The van der Waals surface area contributed by atoms with E-state index in [2.05, 4.69) is 21.3 Å². The Morgan fingerprint density at radius 3 is 2.76 bits per heavy atom. The van der Waals surface area contributed by atoms with Crippen molar-refractivity contribution in [3.05, 3.63) is 24.1 Å². The van der Waals surface area contributed by atoms with Gasteiger partial charge in [-0.15, -0.1) is 0 Å². The third kappa shape index (κ3) is 4.60. The first-order chi connectivity index (χ1) is 14.2. The van der Waals surface area contributed by atoms with Crippen molar-refractivity contribution in [2.24, 2.45) is 5.92 Å². The Morgan fingerprint density at radius 2 is 2.07 bits per heavy atom. The molecule has 0 aromatic carbocycles. The lowest BCUT2D eigenvalue weighted by Crippen LogP contribution is -2.44. The van der Waals surface area contributed by atoms with Crippen LogP contribution in [0.2, 0.25) is 0 Å². The van der Waals surface area contributed by atoms with Gasteiger partial charge in [-0.3, -0.25) is 9.69 Å². The van der Waals surface area contributed by atoms with Crippen molar-refractivity contribution in [2.45, 2.75) is 12.8 Å². The number of nitriles is 1. The number of nitrogens with one attached hydrogen (secondary N) is 1. The summed E-state index contributed by atoms with van der Waals surface area (Å²) in [6.07, 6.45) is 2.96. The predicted octanol–water partition coefficient (Wildman–Crippen LogP) is 1.47. The maximum absolute atomic E-state index is 12.5. The van der Waals surface area contributed by atoms with Crippen molar-refractivity contribution < 1.29 is 18.4 Å². The number of hydrogen-bond acceptors (Lipinski definition) is 8. The summed E-state index contributed by atoms with van der Waals surface area (Å²) >= 11 is 0. The number of amides is 1. The lowest BCUT2D eigenvalue weighted by Gasteiger charge is -2.31. The Bertz CT molecular complexity index is 843. The van der Waals surface area contributed by atoms with E-state index in [4.69, 9.17) is 13.6 Å². The molecule has 154 valence electrons. The van der Waals surface area contributed by atoms with Gasteiger partial charge in [-0.25, -0.2) is 0 Å². The highest BCUT2D eigenvalue weighted by Crippen LogP contribution is 2.31. The molecule has 2 aromatic rings. The van der Waals surface area contributed by atoms with Crippen LogP contribution < -0.4 is 10.2 Å². The molecule has 0 atom stereocenters. The zero-order chi connectivity index (χ0) is 20.1. The molecule has 2 saturated heterocycles. The summed E-state index contributed by atoms with van der Waals surface area (Å²) in [5.41, 5.74) is 0.241. The molecular formula is C20H25N5O4. The molecule has 4 heterocycles. The molecule has 4 rings (SSSR count). The Kier molecular flexibility index (Phi) is 6.12. The fraction of sp³-hybridized carbons (Fsp3) is 0.550. The fourth-order valence-electron chi connectivity index (χ4n) is 3.76. The van der Waals surface area contributed by atoms with E-state index in [1.807, 2.05) is 4.90 Å². The molecule has 0 unspecified atom stereocenters. The van der Waals surface area contributed by atoms with Crippen LogP contribution in [0, 0.1) is 17.2 Å². The number of anilines is 1. The number of nitrogens with zero attached hydrogens (tertiary/aromatic N) is 4. The molecule has 2 fully saturated rings. The maximum Gasteiger partial charge on any atom is 0.266 e. The molecule has 0 aliphatic carbocycles. The molecule has 2 aliphatic rings. The van der Waals surface area contributed by atoms with Crippen LogP contribution in [0.5, 0.6) is 0 Å². The Labute approximate surface area is 169 Å². The number of furan rings is 1. The van der Waals surface area contributed by atoms with Crippen molar-refractivity contribution >= 4 is 11.8 Å². The second kappa shape index (κ2) is 9.11. The molecule has 0 spiro atoms. The van der Waals surface area contributed by atoms with Gasteiger partial charge >= 0.3 is 0 Å². The number of ether oxygens (including phenoxy) is 1. The van der Waals surface area contributed by atoms with Gasteiger partial charge in [0, 0.05) is 45.2 Å². The molecule has 0 radical (unpaired) electrons. The van der Waals surface area contributed by atoms with Crippen molar-refractivity contribution in [3.8, 4) is 17.7 Å². The van der Waals surface area contributed by atoms with Gasteiger partial charge in [-0.1, -0.05) is 0 Å². The molecule has 9 nitrogen and oxygen atoms in total. The highest BCUT2D eigenvalue weighted by Gasteiger charge is 2.29. The van der Waals surface area contributed by atoms with E-state index in [1.54, 1.807) is 12.1 Å². The lowest BCUT2D eigenvalue weighted by molar-refractivity contribution is -0.125. The third-order valence-corrected chi connectivity index (χ3v) is 5.43. The quantitative estimate of drug-likeness (QED) is 0.778. The monoisotopic (exact) mass is 399 g/mol. The number of morpholine rings is 1. The van der Waals surface area contributed by atoms with Crippen LogP contribution in [0.25, 0.3) is 11.7 Å². The van der Waals surface area contributed by atoms with Crippen LogP contribution >= 0.6 is 0 Å². The van der Waals surface area contributed by atoms with E-state index in [9.17, 15) is 10.1 Å². The SMILES string of the molecule is N#Cc1nc(-c2ccco2)oc1N1CCC(C(=O)NCCN2CCOCC2)CC1. The highest BCUT2D eigenvalue weighted by atomic mass is 16.5. The van der Waals surface area contributed by atoms with Crippen molar-refractivity contribution in [3.63, 3.8) is 0 Å². The van der Waals surface area contributed by atoms with Crippen molar-refractivity contribution in [1.29, 1.82) is 5.26 Å². The van der Waals surface area contributed by atoms with Crippen molar-refractivity contribution in [2.75, 3.05) is 57.4 Å². The van der Waals surface area contributed by atoms with E-state index in [0.29, 0.717) is 50.0 Å². The summed E-state index contributed by atoms with van der Waals surface area (Å²) in [6.45, 7) is 6.17. The van der Waals surface area contributed by atoms with Gasteiger partial charge in [0.25, 0.3) is 5.89 Å². The van der Waals surface area contributed by atoms with E-state index in [-0.39, 0.29) is 17.5 Å². The number of carbonyl (C=O) groups excluding carboxylic acids is 1. The van der Waals surface area contributed by atoms with E-state index >= 15 is 0 Å². The van der Waals surface area contributed by atoms with Gasteiger partial charge in [0.15, 0.2) is 5.76 Å². The number of piperidine rings is 1. The Hall–Kier alpha value is -2.83. The number of hydrogen-bond donors (Lipinski definition) is 1. The molecule has 9 heteroatoms. The molecular weight excluding hydrogens is 374 g/mol. The van der Waals surface area contributed by atoms with Gasteiger partial charge < -0.3 is 23.8 Å². The van der Waals surface area contributed by atoms with Crippen LogP contribution in [0.4, 0.5) is 5.88 Å². The molecule has 1 N–H and O–H groups in total. The van der Waals surface area contributed by atoms with Crippen molar-refractivity contribution in [1.82, 2.24) is 15.2 Å². The van der Waals surface area contributed by atoms with E-state index in [0.717, 1.165) is 32.8 Å². The largest absolute Gasteiger partial charge is 0.459 e. The van der Waals surface area contributed by atoms with Gasteiger partial charge in [0.1, 0.15) is 6.07 Å². The summed E-state index contributed by atoms with van der Waals surface area (Å²) in [5.74, 6) is 1.32. The summed E-state index contributed by atoms with van der Waals surface area (Å²) in [7, 11) is 0. The molecule has 29 heavy (non-hydrogen) atoms. The topological polar surface area (TPSA) is 108 Å². The smallest absolute Gasteiger partial charge is 0.266 e. The van der Waals surface area contributed by atoms with Crippen LogP contribution in [0.1, 0.15) is 18.5 Å². The van der Waals surface area contributed by atoms with Gasteiger partial charge in [-0.05, 0) is 25.0 Å². The molecule has 1 amide bonds. The normalized spacial score (nSPS) is 18.5. The Balaban J connectivity index is 1.28. The predicted molar refractivity (Wildman–Crippen MR) is 104 cm³/mol. The molecule has 2 aromatic heterocycles. The lowest BCUT2D eigenvalue weighted by atomic mass is 9.96. The van der Waals surface area contributed by atoms with E-state index in [1.165, 1.54) is 6.26 Å². The summed E-state index contributed by atoms with van der Waals surface area (Å²) in [6, 6.07) is 5.57. The first-order valence-electron chi connectivity index (χ1n) is 10.0. The number of oxazole rings is 1. The summed E-state index contributed by atoms with van der Waals surface area (Å²) < 4.78 is 16.4. The highest BCUT2D eigenvalue weighted by molar-refractivity contribution is 5.79. The average molecular weight is 399 g/mol. The Morgan fingerprint density at radius 1 is 1.28 bits per heavy atom. The molecule has 0 saturated carbocycles. The standard InChI is InChI=1S/C20H25N5O4/c21-14-16-20(29-19(23-16)17-2-1-11-28-17)25-6-3-15(4-7-25)18(26)22-5-8-24-9-12-27-13-10-24/h1-2,11,15H,3-10,12-13H2,(H,22,26). The fourth-order valence-corrected chi connectivity index (χ4v) is 3.76. The minimum Gasteiger partial charge on any atom is -0.459 e. The average Bonchev–Trinajstić information content (AvgIpc) is 3.44. The minimum atomic E-state index is -0.0195. The second-order valence-corrected chi connectivity index (χ2v) is 7.27. The summed E-state index contributed by atoms with van der Waals surface area (Å²) in [4.78, 5) is 21.0. The first kappa shape index (κ1) is 19.5. The minimum absolute atomic E-state index is 0.0195. The maximum atomic E-state index is 12.5. The summed E-state index contributed by atoms with van der Waals surface area (Å²) in [5, 5.41) is 12.5. The number of aromatic nitrogens is 1. The van der Waals surface area contributed by atoms with Crippen LogP contribution in [0.3, 0.4) is 0 Å². The zero-order valence-corrected chi connectivity index (χ0v) is 16.3. The first-order valence-corrected chi connectivity index (χ1v) is 10.0. The molecule has 2 aliphatic heterocycles. The van der Waals surface area contributed by atoms with Gasteiger partial charge in [0.2, 0.25) is 17.5 Å². The number of carbonyl (C=O) groups is 1. The van der Waals surface area contributed by atoms with Crippen LogP contribution in [0.15, 0.2) is 27.2 Å². The second-order valence-electron chi connectivity index (χ2n) is 7.27. The zero-order valence-electron chi connectivity index (χ0n) is 16.3. The van der Waals surface area contributed by atoms with Crippen LogP contribution in [-0.4, -0.2) is 68.3 Å². The third-order valence-electron chi connectivity index (χ3n) is 5.43. The van der Waals surface area contributed by atoms with Gasteiger partial charge in [0.05, 0.1) is 19.5 Å². The van der Waals surface area contributed by atoms with E-state index < -0.39 is 0 Å². The number of rotatable bonds is 6. The van der Waals surface area contributed by atoms with Gasteiger partial charge in [-0.2, -0.15) is 10.2 Å². The van der Waals surface area contributed by atoms with Crippen LogP contribution in [-0.2, 0) is 9.53 Å².